The van der Waals surface area contributed by atoms with Crippen LogP contribution in [-0.2, 0) is 16.0 Å². The van der Waals surface area contributed by atoms with Gasteiger partial charge in [0, 0.05) is 41.8 Å². The van der Waals surface area contributed by atoms with Crippen molar-refractivity contribution in [2.75, 3.05) is 19.8 Å². The Labute approximate surface area is 157 Å². The van der Waals surface area contributed by atoms with Crippen molar-refractivity contribution in [1.82, 2.24) is 4.90 Å². The van der Waals surface area contributed by atoms with E-state index in [4.69, 9.17) is 16.3 Å². The minimum Gasteiger partial charge on any atom is -0.381 e. The van der Waals surface area contributed by atoms with Crippen molar-refractivity contribution in [1.29, 1.82) is 0 Å². The highest BCUT2D eigenvalue weighted by molar-refractivity contribution is 7.09. The minimum atomic E-state index is 0.0448. The van der Waals surface area contributed by atoms with Crippen molar-refractivity contribution in [3.63, 3.8) is 0 Å². The number of rotatable bonds is 6. The van der Waals surface area contributed by atoms with Gasteiger partial charge < -0.3 is 9.64 Å². The number of thiophene rings is 1. The maximum Gasteiger partial charge on any atom is 0.246 e. The first kappa shape index (κ1) is 18.2. The molecule has 1 aromatic carbocycles. The van der Waals surface area contributed by atoms with Crippen molar-refractivity contribution >= 4 is 34.9 Å². The molecule has 0 bridgehead atoms. The van der Waals surface area contributed by atoms with Crippen molar-refractivity contribution in [2.45, 2.75) is 25.3 Å². The van der Waals surface area contributed by atoms with Gasteiger partial charge in [-0.1, -0.05) is 35.9 Å². The van der Waals surface area contributed by atoms with Gasteiger partial charge in [0.05, 0.1) is 0 Å². The topological polar surface area (TPSA) is 29.5 Å². The van der Waals surface area contributed by atoms with E-state index in [0.29, 0.717) is 5.02 Å². The second-order valence-electron chi connectivity index (χ2n) is 6.06. The van der Waals surface area contributed by atoms with E-state index in [9.17, 15) is 4.79 Å². The predicted octanol–water partition coefficient (Wildman–Crippen LogP) is 4.67. The maximum absolute atomic E-state index is 12.8. The summed E-state index contributed by atoms with van der Waals surface area (Å²) in [7, 11) is 0. The number of ether oxygens (including phenoxy) is 1. The molecule has 2 aromatic rings. The van der Waals surface area contributed by atoms with Gasteiger partial charge in [0.25, 0.3) is 0 Å². The Morgan fingerprint density at radius 1 is 1.24 bits per heavy atom. The van der Waals surface area contributed by atoms with Crippen molar-refractivity contribution in [3.8, 4) is 0 Å². The highest BCUT2D eigenvalue weighted by Gasteiger charge is 2.24. The van der Waals surface area contributed by atoms with Gasteiger partial charge in [-0.25, -0.2) is 0 Å². The highest BCUT2D eigenvalue weighted by Crippen LogP contribution is 2.19. The Bertz CT molecular complexity index is 708. The minimum absolute atomic E-state index is 0.0448. The van der Waals surface area contributed by atoms with E-state index < -0.39 is 0 Å². The number of carbonyl (C=O) groups is 1. The van der Waals surface area contributed by atoms with E-state index in [0.717, 1.165) is 44.6 Å². The van der Waals surface area contributed by atoms with Gasteiger partial charge in [0.15, 0.2) is 0 Å². The fourth-order valence-corrected chi connectivity index (χ4v) is 3.92. The quantitative estimate of drug-likeness (QED) is 0.687. The lowest BCUT2D eigenvalue weighted by Crippen LogP contribution is -2.43. The monoisotopic (exact) mass is 375 g/mol. The molecule has 3 rings (SSSR count). The van der Waals surface area contributed by atoms with E-state index in [1.807, 2.05) is 35.2 Å². The molecule has 5 heteroatoms. The third-order valence-electron chi connectivity index (χ3n) is 4.40. The number of benzene rings is 1. The highest BCUT2D eigenvalue weighted by atomic mass is 35.5. The van der Waals surface area contributed by atoms with Gasteiger partial charge >= 0.3 is 0 Å². The number of nitrogens with zero attached hydrogens (tertiary/aromatic N) is 1. The fraction of sp³-hybridized carbons (Fsp3) is 0.350. The van der Waals surface area contributed by atoms with Crippen LogP contribution in [0.25, 0.3) is 6.08 Å². The fourth-order valence-electron chi connectivity index (χ4n) is 3.02. The average molecular weight is 376 g/mol. The Balaban J connectivity index is 1.70. The number of hydrogen-bond acceptors (Lipinski definition) is 3. The van der Waals surface area contributed by atoms with Crippen LogP contribution < -0.4 is 0 Å². The maximum atomic E-state index is 12.8. The Morgan fingerprint density at radius 3 is 2.76 bits per heavy atom. The summed E-state index contributed by atoms with van der Waals surface area (Å²) in [6.07, 6.45) is 6.14. The number of amides is 1. The van der Waals surface area contributed by atoms with E-state index in [1.165, 1.54) is 4.88 Å². The first-order valence-corrected chi connectivity index (χ1v) is 9.83. The van der Waals surface area contributed by atoms with Gasteiger partial charge in [-0.2, -0.15) is 0 Å². The van der Waals surface area contributed by atoms with Gasteiger partial charge in [-0.3, -0.25) is 4.79 Å². The summed E-state index contributed by atoms with van der Waals surface area (Å²) in [4.78, 5) is 16.1. The standard InChI is InChI=1S/C20H22ClNO2S/c21-19-6-2-1-4-16(19)7-8-20(23)22(17-10-13-24-14-11-17)12-9-18-5-3-15-25-18/h1-8,15,17H,9-14H2/b8-7+. The van der Waals surface area contributed by atoms with Crippen molar-refractivity contribution < 1.29 is 9.53 Å². The summed E-state index contributed by atoms with van der Waals surface area (Å²) in [6, 6.07) is 12.0. The molecule has 0 unspecified atom stereocenters. The van der Waals surface area contributed by atoms with Crippen LogP contribution in [0.3, 0.4) is 0 Å². The molecule has 1 aromatic heterocycles. The van der Waals surface area contributed by atoms with E-state index in [2.05, 4.69) is 17.5 Å². The molecule has 0 radical (unpaired) electrons. The molecular formula is C20H22ClNO2S. The molecule has 0 spiro atoms. The summed E-state index contributed by atoms with van der Waals surface area (Å²) in [5.41, 5.74) is 0.864. The summed E-state index contributed by atoms with van der Waals surface area (Å²) >= 11 is 7.91. The van der Waals surface area contributed by atoms with E-state index >= 15 is 0 Å². The lowest BCUT2D eigenvalue weighted by Gasteiger charge is -2.33. The lowest BCUT2D eigenvalue weighted by atomic mass is 10.1. The molecule has 1 saturated heterocycles. The van der Waals surface area contributed by atoms with Crippen LogP contribution in [0.4, 0.5) is 0 Å². The normalized spacial score (nSPS) is 15.6. The molecule has 0 N–H and O–H groups in total. The van der Waals surface area contributed by atoms with Crippen LogP contribution in [0.5, 0.6) is 0 Å². The third-order valence-corrected chi connectivity index (χ3v) is 5.68. The predicted molar refractivity (Wildman–Crippen MR) is 104 cm³/mol. The molecule has 132 valence electrons. The zero-order valence-corrected chi connectivity index (χ0v) is 15.6. The average Bonchev–Trinajstić information content (AvgIpc) is 3.16. The number of halogens is 1. The molecule has 1 aliphatic rings. The second kappa shape index (κ2) is 9.18. The number of carbonyl (C=O) groups excluding carboxylic acids is 1. The zero-order valence-electron chi connectivity index (χ0n) is 14.1. The molecule has 25 heavy (non-hydrogen) atoms. The summed E-state index contributed by atoms with van der Waals surface area (Å²) < 4.78 is 5.45. The molecule has 1 fully saturated rings. The third kappa shape index (κ3) is 5.18. The van der Waals surface area contributed by atoms with E-state index in [1.54, 1.807) is 17.4 Å². The van der Waals surface area contributed by atoms with Crippen LogP contribution in [0.1, 0.15) is 23.3 Å². The first-order valence-electron chi connectivity index (χ1n) is 8.57. The van der Waals surface area contributed by atoms with Gasteiger partial charge in [0.2, 0.25) is 5.91 Å². The van der Waals surface area contributed by atoms with Crippen LogP contribution in [0, 0.1) is 0 Å². The van der Waals surface area contributed by atoms with Crippen LogP contribution in [0.15, 0.2) is 47.9 Å². The van der Waals surface area contributed by atoms with Gasteiger partial charge in [0.1, 0.15) is 0 Å². The van der Waals surface area contributed by atoms with Crippen LogP contribution in [0.2, 0.25) is 5.02 Å². The van der Waals surface area contributed by atoms with Crippen molar-refractivity contribution in [3.05, 3.63) is 63.3 Å². The molecule has 0 saturated carbocycles. The van der Waals surface area contributed by atoms with Crippen LogP contribution >= 0.6 is 22.9 Å². The SMILES string of the molecule is O=C(/C=C/c1ccccc1Cl)N(CCc1cccs1)C1CCOCC1. The zero-order chi connectivity index (χ0) is 17.5. The number of hydrogen-bond donors (Lipinski definition) is 0. The molecular weight excluding hydrogens is 354 g/mol. The molecule has 0 aliphatic carbocycles. The summed E-state index contributed by atoms with van der Waals surface area (Å²) in [6.45, 7) is 2.18. The summed E-state index contributed by atoms with van der Waals surface area (Å²) in [5, 5.41) is 2.73. The van der Waals surface area contributed by atoms with E-state index in [-0.39, 0.29) is 11.9 Å². The Morgan fingerprint density at radius 2 is 2.04 bits per heavy atom. The smallest absolute Gasteiger partial charge is 0.246 e. The molecule has 1 amide bonds. The molecule has 3 nitrogen and oxygen atoms in total. The second-order valence-corrected chi connectivity index (χ2v) is 7.50. The Hall–Kier alpha value is -1.62. The molecule has 2 heterocycles. The van der Waals surface area contributed by atoms with Crippen LogP contribution in [-0.4, -0.2) is 36.6 Å². The molecule has 0 atom stereocenters. The Kier molecular flexibility index (Phi) is 6.68. The van der Waals surface area contributed by atoms with Gasteiger partial charge in [-0.15, -0.1) is 11.3 Å². The first-order chi connectivity index (χ1) is 12.2. The molecule has 1 aliphatic heterocycles. The lowest BCUT2D eigenvalue weighted by molar-refractivity contribution is -0.130. The van der Waals surface area contributed by atoms with Gasteiger partial charge in [-0.05, 0) is 48.4 Å². The largest absolute Gasteiger partial charge is 0.381 e. The van der Waals surface area contributed by atoms with Crippen molar-refractivity contribution in [2.24, 2.45) is 0 Å². The summed E-state index contributed by atoms with van der Waals surface area (Å²) in [5.74, 6) is 0.0448.